The number of esters is 3. The number of hydrogen-bond donors (Lipinski definition) is 1. The fraction of sp³-hybridized carbons (Fsp3) is 0.750. The van der Waals surface area contributed by atoms with Gasteiger partial charge >= 0.3 is 17.9 Å². The van der Waals surface area contributed by atoms with Crippen LogP contribution in [0.25, 0.3) is 0 Å². The Balaban J connectivity index is 3.22. The monoisotopic (exact) mass is 375 g/mol. The number of ether oxygens (including phenoxy) is 5. The predicted molar refractivity (Wildman–Crippen MR) is 85.6 cm³/mol. The van der Waals surface area contributed by atoms with Crippen molar-refractivity contribution in [1.29, 1.82) is 0 Å². The number of rotatable bonds is 7. The Morgan fingerprint density at radius 1 is 0.923 bits per heavy atom. The molecule has 1 fully saturated rings. The van der Waals surface area contributed by atoms with Gasteiger partial charge in [0.05, 0.1) is 0 Å². The molecule has 0 aromatic heterocycles. The number of amides is 1. The molecule has 148 valence electrons. The molecule has 1 saturated heterocycles. The Morgan fingerprint density at radius 3 is 1.96 bits per heavy atom. The molecule has 0 aromatic rings. The standard InChI is InChI=1S/C16H25NO9/c1-6-22-16-13(17-8(2)18)15(25-11(5)21)14(24-10(4)20)12(26-16)7-23-9(3)19/h12-16H,6-7H2,1-5H3,(H,17,18)/t12?,13?,14-,15?,16+/m0/s1. The summed E-state index contributed by atoms with van der Waals surface area (Å²) in [5.74, 6) is -2.28. The minimum Gasteiger partial charge on any atom is -0.463 e. The van der Waals surface area contributed by atoms with Crippen LogP contribution < -0.4 is 5.32 Å². The van der Waals surface area contributed by atoms with Gasteiger partial charge in [-0.3, -0.25) is 19.2 Å². The van der Waals surface area contributed by atoms with Crippen LogP contribution in [0.4, 0.5) is 0 Å². The normalized spacial score (nSPS) is 28.0. The third kappa shape index (κ3) is 6.60. The number of carbonyl (C=O) groups excluding carboxylic acids is 4. The van der Waals surface area contributed by atoms with Crippen LogP contribution in [-0.4, -0.2) is 67.7 Å². The first-order chi connectivity index (χ1) is 12.1. The lowest BCUT2D eigenvalue weighted by atomic mass is 9.96. The van der Waals surface area contributed by atoms with Gasteiger partial charge in [0.2, 0.25) is 5.91 Å². The van der Waals surface area contributed by atoms with Gasteiger partial charge in [0, 0.05) is 34.3 Å². The van der Waals surface area contributed by atoms with E-state index in [2.05, 4.69) is 5.32 Å². The van der Waals surface area contributed by atoms with Crippen molar-refractivity contribution in [3.8, 4) is 0 Å². The minimum atomic E-state index is -1.11. The van der Waals surface area contributed by atoms with Gasteiger partial charge in [0.25, 0.3) is 0 Å². The van der Waals surface area contributed by atoms with Crippen LogP contribution >= 0.6 is 0 Å². The lowest BCUT2D eigenvalue weighted by molar-refractivity contribution is -0.276. The smallest absolute Gasteiger partial charge is 0.303 e. The molecule has 1 aliphatic heterocycles. The molecule has 0 aliphatic carbocycles. The van der Waals surface area contributed by atoms with E-state index >= 15 is 0 Å². The lowest BCUT2D eigenvalue weighted by Crippen LogP contribution is -2.66. The molecule has 1 heterocycles. The molecule has 1 amide bonds. The zero-order chi connectivity index (χ0) is 19.9. The van der Waals surface area contributed by atoms with Crippen molar-refractivity contribution < 1.29 is 42.9 Å². The van der Waals surface area contributed by atoms with E-state index in [1.807, 2.05) is 0 Å². The average molecular weight is 375 g/mol. The Kier molecular flexibility index (Phi) is 8.46. The second-order valence-electron chi connectivity index (χ2n) is 5.68. The van der Waals surface area contributed by atoms with Crippen LogP contribution in [-0.2, 0) is 42.9 Å². The maximum Gasteiger partial charge on any atom is 0.303 e. The second-order valence-corrected chi connectivity index (χ2v) is 5.68. The van der Waals surface area contributed by atoms with E-state index in [1.54, 1.807) is 6.92 Å². The largest absolute Gasteiger partial charge is 0.463 e. The van der Waals surface area contributed by atoms with Crippen molar-refractivity contribution in [1.82, 2.24) is 5.32 Å². The van der Waals surface area contributed by atoms with E-state index in [4.69, 9.17) is 23.7 Å². The SMILES string of the molecule is CCO[C@@H]1OC(COC(C)=O)[C@H](OC(C)=O)C(OC(C)=O)C1NC(C)=O. The Bertz CT molecular complexity index is 536. The Labute approximate surface area is 151 Å². The molecule has 5 atom stereocenters. The second kappa shape index (κ2) is 10.1. The summed E-state index contributed by atoms with van der Waals surface area (Å²) >= 11 is 0. The third-order valence-corrected chi connectivity index (χ3v) is 3.40. The van der Waals surface area contributed by atoms with Crippen LogP contribution in [0, 0.1) is 0 Å². The summed E-state index contributed by atoms with van der Waals surface area (Å²) in [6, 6.07) is -0.922. The summed E-state index contributed by atoms with van der Waals surface area (Å²) in [6.07, 6.45) is -4.15. The first kappa shape index (κ1) is 21.8. The summed E-state index contributed by atoms with van der Waals surface area (Å²) in [4.78, 5) is 45.8. The van der Waals surface area contributed by atoms with E-state index in [-0.39, 0.29) is 13.2 Å². The maximum atomic E-state index is 11.6. The van der Waals surface area contributed by atoms with Gasteiger partial charge in [0.1, 0.15) is 18.8 Å². The molecule has 1 rings (SSSR count). The van der Waals surface area contributed by atoms with Crippen LogP contribution in [0.2, 0.25) is 0 Å². The first-order valence-electron chi connectivity index (χ1n) is 8.17. The van der Waals surface area contributed by atoms with Crippen molar-refractivity contribution >= 4 is 23.8 Å². The van der Waals surface area contributed by atoms with Crippen molar-refractivity contribution in [2.75, 3.05) is 13.2 Å². The van der Waals surface area contributed by atoms with Gasteiger partial charge in [-0.25, -0.2) is 0 Å². The summed E-state index contributed by atoms with van der Waals surface area (Å²) in [5.41, 5.74) is 0. The minimum absolute atomic E-state index is 0.242. The highest BCUT2D eigenvalue weighted by molar-refractivity contribution is 5.73. The molecule has 0 bridgehead atoms. The van der Waals surface area contributed by atoms with E-state index in [1.165, 1.54) is 27.7 Å². The topological polar surface area (TPSA) is 126 Å². The third-order valence-electron chi connectivity index (χ3n) is 3.40. The number of hydrogen-bond acceptors (Lipinski definition) is 9. The summed E-state index contributed by atoms with van der Waals surface area (Å²) in [6.45, 7) is 6.56. The molecule has 26 heavy (non-hydrogen) atoms. The summed E-state index contributed by atoms with van der Waals surface area (Å²) in [7, 11) is 0. The highest BCUT2D eigenvalue weighted by Gasteiger charge is 2.51. The lowest BCUT2D eigenvalue weighted by Gasteiger charge is -2.44. The van der Waals surface area contributed by atoms with Crippen molar-refractivity contribution in [2.45, 2.75) is 65.3 Å². The van der Waals surface area contributed by atoms with Gasteiger partial charge in [0.15, 0.2) is 18.5 Å². The molecular weight excluding hydrogens is 350 g/mol. The van der Waals surface area contributed by atoms with Crippen LogP contribution in [0.15, 0.2) is 0 Å². The summed E-state index contributed by atoms with van der Waals surface area (Å²) in [5, 5.41) is 2.60. The highest BCUT2D eigenvalue weighted by Crippen LogP contribution is 2.27. The molecule has 0 spiro atoms. The number of nitrogens with one attached hydrogen (secondary N) is 1. The fourth-order valence-electron chi connectivity index (χ4n) is 2.60. The fourth-order valence-corrected chi connectivity index (χ4v) is 2.60. The van der Waals surface area contributed by atoms with E-state index < -0.39 is 54.5 Å². The van der Waals surface area contributed by atoms with Gasteiger partial charge in [-0.2, -0.15) is 0 Å². The van der Waals surface area contributed by atoms with Crippen LogP contribution in [0.3, 0.4) is 0 Å². The molecule has 0 saturated carbocycles. The zero-order valence-corrected chi connectivity index (χ0v) is 15.5. The van der Waals surface area contributed by atoms with Crippen molar-refractivity contribution in [3.63, 3.8) is 0 Å². The van der Waals surface area contributed by atoms with Gasteiger partial charge in [-0.1, -0.05) is 0 Å². The van der Waals surface area contributed by atoms with E-state index in [0.717, 1.165) is 0 Å². The average Bonchev–Trinajstić information content (AvgIpc) is 2.50. The molecule has 10 heteroatoms. The van der Waals surface area contributed by atoms with Crippen molar-refractivity contribution in [2.24, 2.45) is 0 Å². The van der Waals surface area contributed by atoms with E-state index in [9.17, 15) is 19.2 Å². The predicted octanol–water partition coefficient (Wildman–Crippen LogP) is -0.321. The van der Waals surface area contributed by atoms with Gasteiger partial charge in [-0.05, 0) is 6.92 Å². The molecule has 1 aliphatic rings. The number of carbonyl (C=O) groups is 4. The van der Waals surface area contributed by atoms with Gasteiger partial charge in [-0.15, -0.1) is 0 Å². The van der Waals surface area contributed by atoms with Crippen molar-refractivity contribution in [3.05, 3.63) is 0 Å². The maximum absolute atomic E-state index is 11.6. The molecule has 0 aromatic carbocycles. The summed E-state index contributed by atoms with van der Waals surface area (Å²) < 4.78 is 26.7. The Morgan fingerprint density at radius 2 is 1.50 bits per heavy atom. The molecular formula is C16H25NO9. The van der Waals surface area contributed by atoms with Crippen LogP contribution in [0.5, 0.6) is 0 Å². The Hall–Kier alpha value is -2.20. The first-order valence-corrected chi connectivity index (χ1v) is 8.17. The van der Waals surface area contributed by atoms with E-state index in [0.29, 0.717) is 0 Å². The molecule has 10 nitrogen and oxygen atoms in total. The molecule has 1 N–H and O–H groups in total. The van der Waals surface area contributed by atoms with Gasteiger partial charge < -0.3 is 29.0 Å². The zero-order valence-electron chi connectivity index (χ0n) is 15.5. The molecule has 0 radical (unpaired) electrons. The quantitative estimate of drug-likeness (QED) is 0.470. The highest BCUT2D eigenvalue weighted by atomic mass is 16.7. The van der Waals surface area contributed by atoms with Crippen LogP contribution in [0.1, 0.15) is 34.6 Å². The molecule has 3 unspecified atom stereocenters.